The number of carbonyl (C=O) groups excluding carboxylic acids is 2. The van der Waals surface area contributed by atoms with Gasteiger partial charge in [-0.15, -0.1) is 11.3 Å². The van der Waals surface area contributed by atoms with Gasteiger partial charge in [0.05, 0.1) is 13.7 Å². The highest BCUT2D eigenvalue weighted by molar-refractivity contribution is 7.09. The minimum atomic E-state index is -0.209. The van der Waals surface area contributed by atoms with Gasteiger partial charge in [-0.2, -0.15) is 0 Å². The summed E-state index contributed by atoms with van der Waals surface area (Å²) in [6.07, 6.45) is 0. The number of ether oxygens (including phenoxy) is 1. The first-order valence-corrected chi connectivity index (χ1v) is 8.97. The molecule has 7 heteroatoms. The summed E-state index contributed by atoms with van der Waals surface area (Å²) in [7, 11) is 1.60. The predicted octanol–water partition coefficient (Wildman–Crippen LogP) is 2.70. The second-order valence-corrected chi connectivity index (χ2v) is 6.95. The number of methoxy groups -OCH3 is 1. The SMILES string of the molecule is COc1cccc(N2C[C@H](C)N(C(=O)NCc3cccs3)CC2=O)c1. The highest BCUT2D eigenvalue weighted by Gasteiger charge is 2.33. The fourth-order valence-corrected chi connectivity index (χ4v) is 3.47. The van der Waals surface area contributed by atoms with E-state index in [1.54, 1.807) is 28.2 Å². The topological polar surface area (TPSA) is 61.9 Å². The second-order valence-electron chi connectivity index (χ2n) is 5.92. The molecule has 0 aliphatic carbocycles. The van der Waals surface area contributed by atoms with Crippen molar-refractivity contribution >= 4 is 29.0 Å². The van der Waals surface area contributed by atoms with Gasteiger partial charge in [0.1, 0.15) is 12.3 Å². The van der Waals surface area contributed by atoms with Crippen molar-refractivity contribution in [2.45, 2.75) is 19.5 Å². The van der Waals surface area contributed by atoms with Gasteiger partial charge in [0.15, 0.2) is 0 Å². The third-order valence-electron chi connectivity index (χ3n) is 4.21. The molecule has 0 saturated carbocycles. The third kappa shape index (κ3) is 3.93. The van der Waals surface area contributed by atoms with Gasteiger partial charge >= 0.3 is 6.03 Å². The lowest BCUT2D eigenvalue weighted by Gasteiger charge is -2.39. The standard InChI is InChI=1S/C18H21N3O3S/c1-13-11-21(14-5-3-6-15(9-14)24-2)17(22)12-20(13)18(23)19-10-16-7-4-8-25-16/h3-9,13H,10-12H2,1-2H3,(H,19,23)/t13-/m0/s1. The molecule has 1 aromatic carbocycles. The maximum atomic E-state index is 12.6. The van der Waals surface area contributed by atoms with E-state index in [0.717, 1.165) is 10.6 Å². The molecule has 6 nitrogen and oxygen atoms in total. The number of nitrogens with zero attached hydrogens (tertiary/aromatic N) is 2. The number of rotatable bonds is 4. The van der Waals surface area contributed by atoms with Crippen LogP contribution in [-0.2, 0) is 11.3 Å². The van der Waals surface area contributed by atoms with E-state index in [2.05, 4.69) is 5.32 Å². The van der Waals surface area contributed by atoms with Gasteiger partial charge in [-0.3, -0.25) is 4.79 Å². The van der Waals surface area contributed by atoms with Crippen LogP contribution in [0, 0.1) is 0 Å². The van der Waals surface area contributed by atoms with Crippen LogP contribution in [0.15, 0.2) is 41.8 Å². The first-order chi connectivity index (χ1) is 12.1. The van der Waals surface area contributed by atoms with Crippen molar-refractivity contribution in [2.75, 3.05) is 25.1 Å². The van der Waals surface area contributed by atoms with Gasteiger partial charge in [0.2, 0.25) is 5.91 Å². The van der Waals surface area contributed by atoms with Crippen LogP contribution in [0.25, 0.3) is 0 Å². The molecule has 1 N–H and O–H groups in total. The molecule has 1 aliphatic rings. The van der Waals surface area contributed by atoms with E-state index in [1.807, 2.05) is 48.7 Å². The Bertz CT molecular complexity index is 748. The van der Waals surface area contributed by atoms with Crippen molar-refractivity contribution in [2.24, 2.45) is 0 Å². The number of piperazine rings is 1. The van der Waals surface area contributed by atoms with E-state index in [1.165, 1.54) is 0 Å². The molecule has 0 bridgehead atoms. The number of hydrogen-bond acceptors (Lipinski definition) is 4. The van der Waals surface area contributed by atoms with E-state index in [-0.39, 0.29) is 24.5 Å². The molecule has 0 radical (unpaired) electrons. The predicted molar refractivity (Wildman–Crippen MR) is 98.1 cm³/mol. The fraction of sp³-hybridized carbons (Fsp3) is 0.333. The average molecular weight is 359 g/mol. The summed E-state index contributed by atoms with van der Waals surface area (Å²) in [4.78, 5) is 29.4. The van der Waals surface area contributed by atoms with Crippen molar-refractivity contribution in [3.8, 4) is 5.75 Å². The van der Waals surface area contributed by atoms with Gasteiger partial charge in [0.25, 0.3) is 0 Å². The molecule has 3 amide bonds. The largest absolute Gasteiger partial charge is 0.497 e. The fourth-order valence-electron chi connectivity index (χ4n) is 2.83. The van der Waals surface area contributed by atoms with Crippen LogP contribution in [0.2, 0.25) is 0 Å². The molecule has 1 atom stereocenters. The maximum absolute atomic E-state index is 12.6. The molecule has 25 heavy (non-hydrogen) atoms. The van der Waals surface area contributed by atoms with Gasteiger partial charge in [-0.25, -0.2) is 4.79 Å². The number of hydrogen-bond donors (Lipinski definition) is 1. The summed E-state index contributed by atoms with van der Waals surface area (Å²) < 4.78 is 5.22. The Hall–Kier alpha value is -2.54. The van der Waals surface area contributed by atoms with E-state index < -0.39 is 0 Å². The first kappa shape index (κ1) is 17.3. The number of nitrogens with one attached hydrogen (secondary N) is 1. The number of urea groups is 1. The highest BCUT2D eigenvalue weighted by atomic mass is 32.1. The average Bonchev–Trinajstić information content (AvgIpc) is 3.15. The Labute approximate surface area is 151 Å². The molecule has 3 rings (SSSR count). The first-order valence-electron chi connectivity index (χ1n) is 8.09. The van der Waals surface area contributed by atoms with Gasteiger partial charge < -0.3 is 19.9 Å². The number of thiophene rings is 1. The summed E-state index contributed by atoms with van der Waals surface area (Å²) in [6, 6.07) is 11.0. The van der Waals surface area contributed by atoms with Crippen LogP contribution in [0.3, 0.4) is 0 Å². The van der Waals surface area contributed by atoms with Crippen LogP contribution < -0.4 is 15.0 Å². The van der Waals surface area contributed by atoms with E-state index in [9.17, 15) is 9.59 Å². The van der Waals surface area contributed by atoms with Crippen LogP contribution in [0.5, 0.6) is 5.75 Å². The Balaban J connectivity index is 1.65. The van der Waals surface area contributed by atoms with Crippen LogP contribution >= 0.6 is 11.3 Å². The van der Waals surface area contributed by atoms with Gasteiger partial charge in [0, 0.05) is 29.2 Å². The van der Waals surface area contributed by atoms with E-state index in [4.69, 9.17) is 4.74 Å². The zero-order valence-corrected chi connectivity index (χ0v) is 15.1. The third-order valence-corrected chi connectivity index (χ3v) is 5.08. The van der Waals surface area contributed by atoms with Crippen molar-refractivity contribution < 1.29 is 14.3 Å². The molecule has 1 fully saturated rings. The molecular weight excluding hydrogens is 338 g/mol. The van der Waals surface area contributed by atoms with E-state index in [0.29, 0.717) is 18.8 Å². The number of anilines is 1. The normalized spacial score (nSPS) is 17.5. The highest BCUT2D eigenvalue weighted by Crippen LogP contribution is 2.24. The lowest BCUT2D eigenvalue weighted by Crippen LogP contribution is -2.59. The molecule has 1 saturated heterocycles. The maximum Gasteiger partial charge on any atom is 0.318 e. The van der Waals surface area contributed by atoms with Gasteiger partial charge in [-0.05, 0) is 30.5 Å². The van der Waals surface area contributed by atoms with Crippen molar-refractivity contribution in [1.29, 1.82) is 0 Å². The van der Waals surface area contributed by atoms with Crippen LogP contribution in [0.4, 0.5) is 10.5 Å². The van der Waals surface area contributed by atoms with Crippen molar-refractivity contribution in [3.05, 3.63) is 46.7 Å². The molecule has 2 heterocycles. The van der Waals surface area contributed by atoms with Crippen molar-refractivity contribution in [3.63, 3.8) is 0 Å². The van der Waals surface area contributed by atoms with Crippen molar-refractivity contribution in [1.82, 2.24) is 10.2 Å². The number of amides is 3. The lowest BCUT2D eigenvalue weighted by atomic mass is 10.1. The molecule has 132 valence electrons. The summed E-state index contributed by atoms with van der Waals surface area (Å²) >= 11 is 1.59. The van der Waals surface area contributed by atoms with Crippen LogP contribution in [-0.4, -0.2) is 43.1 Å². The number of benzene rings is 1. The Kier molecular flexibility index (Phi) is 5.23. The summed E-state index contributed by atoms with van der Waals surface area (Å²) in [6.45, 7) is 2.95. The van der Waals surface area contributed by atoms with Gasteiger partial charge in [-0.1, -0.05) is 12.1 Å². The molecule has 0 spiro atoms. The second kappa shape index (κ2) is 7.57. The van der Waals surface area contributed by atoms with E-state index >= 15 is 0 Å². The quantitative estimate of drug-likeness (QED) is 0.913. The molecule has 0 unspecified atom stereocenters. The Morgan fingerprint density at radius 3 is 2.92 bits per heavy atom. The monoisotopic (exact) mass is 359 g/mol. The minimum Gasteiger partial charge on any atom is -0.497 e. The molecule has 1 aromatic heterocycles. The smallest absolute Gasteiger partial charge is 0.318 e. The molecular formula is C18H21N3O3S. The summed E-state index contributed by atoms with van der Waals surface area (Å²) in [5, 5.41) is 4.86. The Morgan fingerprint density at radius 2 is 2.20 bits per heavy atom. The number of carbonyl (C=O) groups is 2. The zero-order chi connectivity index (χ0) is 17.8. The van der Waals surface area contributed by atoms with Crippen LogP contribution in [0.1, 0.15) is 11.8 Å². The summed E-state index contributed by atoms with van der Waals surface area (Å²) in [5.41, 5.74) is 0.787. The zero-order valence-electron chi connectivity index (χ0n) is 14.3. The molecule has 1 aliphatic heterocycles. The minimum absolute atomic E-state index is 0.0641. The lowest BCUT2D eigenvalue weighted by molar-refractivity contribution is -0.121. The molecule has 2 aromatic rings. The Morgan fingerprint density at radius 1 is 1.36 bits per heavy atom. The summed E-state index contributed by atoms with van der Waals surface area (Å²) in [5.74, 6) is 0.603.